The van der Waals surface area contributed by atoms with Crippen LogP contribution in [0.15, 0.2) is 41.8 Å². The number of nitrogens with zero attached hydrogens (tertiary/aromatic N) is 2. The van der Waals surface area contributed by atoms with Crippen molar-refractivity contribution in [3.8, 4) is 5.75 Å². The Bertz CT molecular complexity index is 545. The van der Waals surface area contributed by atoms with Crippen LogP contribution in [0.25, 0.3) is 0 Å². The van der Waals surface area contributed by atoms with Crippen LogP contribution in [0.4, 0.5) is 0 Å². The molecule has 0 saturated carbocycles. The quantitative estimate of drug-likeness (QED) is 0.814. The largest absolute Gasteiger partial charge is 0.497 e. The number of thiophene rings is 1. The van der Waals surface area contributed by atoms with Gasteiger partial charge in [-0.05, 0) is 35.6 Å². The lowest BCUT2D eigenvalue weighted by molar-refractivity contribution is 0.129. The summed E-state index contributed by atoms with van der Waals surface area (Å²) in [5.74, 6) is 0.936. The fourth-order valence-corrected chi connectivity index (χ4v) is 3.62. The molecule has 2 heterocycles. The van der Waals surface area contributed by atoms with E-state index in [2.05, 4.69) is 39.4 Å². The Hall–Kier alpha value is -1.36. The van der Waals surface area contributed by atoms with Gasteiger partial charge in [0.1, 0.15) is 5.75 Å². The smallest absolute Gasteiger partial charge is 0.118 e. The topological polar surface area (TPSA) is 15.7 Å². The zero-order valence-corrected chi connectivity index (χ0v) is 14.0. The lowest BCUT2D eigenvalue weighted by Crippen LogP contribution is -2.46. The predicted molar refractivity (Wildman–Crippen MR) is 92.7 cm³/mol. The Morgan fingerprint density at radius 3 is 2.36 bits per heavy atom. The Labute approximate surface area is 137 Å². The molecule has 0 amide bonds. The number of ether oxygens (including phenoxy) is 1. The summed E-state index contributed by atoms with van der Waals surface area (Å²) >= 11 is 1.86. The molecule has 0 aliphatic carbocycles. The first-order valence-electron chi connectivity index (χ1n) is 7.93. The van der Waals surface area contributed by atoms with E-state index in [1.165, 1.54) is 36.6 Å². The van der Waals surface area contributed by atoms with Gasteiger partial charge in [0.25, 0.3) is 0 Å². The van der Waals surface area contributed by atoms with Gasteiger partial charge in [-0.3, -0.25) is 4.90 Å². The Morgan fingerprint density at radius 2 is 1.73 bits per heavy atom. The van der Waals surface area contributed by atoms with Crippen molar-refractivity contribution in [1.29, 1.82) is 0 Å². The third-order valence-corrected chi connectivity index (χ3v) is 5.16. The van der Waals surface area contributed by atoms with Crippen molar-refractivity contribution in [2.45, 2.75) is 13.0 Å². The van der Waals surface area contributed by atoms with Crippen molar-refractivity contribution in [2.24, 2.45) is 0 Å². The van der Waals surface area contributed by atoms with Gasteiger partial charge in [0.05, 0.1) is 7.11 Å². The molecule has 0 spiro atoms. The molecule has 22 heavy (non-hydrogen) atoms. The molecule has 0 radical (unpaired) electrons. The summed E-state index contributed by atoms with van der Waals surface area (Å²) in [6.07, 6.45) is 1.12. The van der Waals surface area contributed by atoms with Gasteiger partial charge in [-0.2, -0.15) is 0 Å². The van der Waals surface area contributed by atoms with Crippen LogP contribution >= 0.6 is 11.3 Å². The Kier molecular flexibility index (Phi) is 5.48. The molecule has 0 unspecified atom stereocenters. The molecule has 1 aliphatic heterocycles. The van der Waals surface area contributed by atoms with Crippen molar-refractivity contribution >= 4 is 11.3 Å². The molecule has 0 N–H and O–H groups in total. The molecule has 2 aromatic rings. The van der Waals surface area contributed by atoms with Gasteiger partial charge >= 0.3 is 0 Å². The third-order valence-electron chi connectivity index (χ3n) is 4.30. The van der Waals surface area contributed by atoms with E-state index in [-0.39, 0.29) is 0 Å². The molecular weight excluding hydrogens is 292 g/mol. The summed E-state index contributed by atoms with van der Waals surface area (Å²) in [7, 11) is 1.71. The molecule has 1 fully saturated rings. The molecule has 4 heteroatoms. The van der Waals surface area contributed by atoms with Crippen LogP contribution in [-0.4, -0.2) is 49.6 Å². The lowest BCUT2D eigenvalue weighted by atomic mass is 10.1. The lowest BCUT2D eigenvalue weighted by Gasteiger charge is -2.34. The average Bonchev–Trinajstić information content (AvgIpc) is 3.08. The normalized spacial score (nSPS) is 16.8. The number of piperazine rings is 1. The molecule has 1 aromatic heterocycles. The minimum absolute atomic E-state index is 0.936. The first kappa shape index (κ1) is 15.5. The van der Waals surface area contributed by atoms with E-state index in [1.807, 2.05) is 23.5 Å². The van der Waals surface area contributed by atoms with Gasteiger partial charge in [0.15, 0.2) is 0 Å². The van der Waals surface area contributed by atoms with Crippen LogP contribution in [0.5, 0.6) is 5.75 Å². The van der Waals surface area contributed by atoms with Gasteiger partial charge in [0.2, 0.25) is 0 Å². The fraction of sp³-hybridized carbons (Fsp3) is 0.444. The predicted octanol–water partition coefficient (Wildman–Crippen LogP) is 3.12. The Balaban J connectivity index is 1.40. The molecule has 118 valence electrons. The molecule has 0 atom stereocenters. The van der Waals surface area contributed by atoms with Gasteiger partial charge in [0, 0.05) is 44.1 Å². The second kappa shape index (κ2) is 7.77. The van der Waals surface area contributed by atoms with Crippen molar-refractivity contribution in [3.63, 3.8) is 0 Å². The van der Waals surface area contributed by atoms with Gasteiger partial charge in [-0.15, -0.1) is 11.3 Å². The maximum atomic E-state index is 5.20. The summed E-state index contributed by atoms with van der Waals surface area (Å²) in [6.45, 7) is 6.99. The molecular formula is C18H24N2OS. The zero-order chi connectivity index (χ0) is 15.2. The molecule has 1 saturated heterocycles. The number of hydrogen-bond donors (Lipinski definition) is 0. The number of methoxy groups -OCH3 is 1. The monoisotopic (exact) mass is 316 g/mol. The molecule has 1 aromatic carbocycles. The van der Waals surface area contributed by atoms with E-state index in [9.17, 15) is 0 Å². The van der Waals surface area contributed by atoms with E-state index < -0.39 is 0 Å². The summed E-state index contributed by atoms with van der Waals surface area (Å²) in [5, 5.41) is 2.17. The highest BCUT2D eigenvalue weighted by molar-refractivity contribution is 7.09. The highest BCUT2D eigenvalue weighted by atomic mass is 32.1. The molecule has 3 nitrogen and oxygen atoms in total. The van der Waals surface area contributed by atoms with Crippen LogP contribution in [-0.2, 0) is 13.0 Å². The van der Waals surface area contributed by atoms with E-state index in [0.29, 0.717) is 0 Å². The highest BCUT2D eigenvalue weighted by Crippen LogP contribution is 2.15. The highest BCUT2D eigenvalue weighted by Gasteiger charge is 2.16. The summed E-state index contributed by atoms with van der Waals surface area (Å²) in [6, 6.07) is 12.8. The number of benzene rings is 1. The molecule has 3 rings (SSSR count). The van der Waals surface area contributed by atoms with Crippen molar-refractivity contribution in [2.75, 3.05) is 39.8 Å². The Morgan fingerprint density at radius 1 is 1.00 bits per heavy atom. The second-order valence-electron chi connectivity index (χ2n) is 5.80. The van der Waals surface area contributed by atoms with Crippen LogP contribution < -0.4 is 4.74 Å². The molecule has 1 aliphatic rings. The first-order chi connectivity index (χ1) is 10.8. The summed E-state index contributed by atoms with van der Waals surface area (Å²) in [4.78, 5) is 6.62. The standard InChI is InChI=1S/C18H24N2OS/c1-21-17-6-4-16(5-7-17)8-9-19-10-12-20(13-11-19)15-18-3-2-14-22-18/h2-7,14H,8-13,15H2,1H3. The van der Waals surface area contributed by atoms with E-state index >= 15 is 0 Å². The summed E-state index contributed by atoms with van der Waals surface area (Å²) < 4.78 is 5.20. The maximum Gasteiger partial charge on any atom is 0.118 e. The van der Waals surface area contributed by atoms with Crippen LogP contribution in [0.2, 0.25) is 0 Å². The van der Waals surface area contributed by atoms with Crippen molar-refractivity contribution in [3.05, 3.63) is 52.2 Å². The van der Waals surface area contributed by atoms with Crippen LogP contribution in [0.1, 0.15) is 10.4 Å². The fourth-order valence-electron chi connectivity index (χ4n) is 2.87. The van der Waals surface area contributed by atoms with Gasteiger partial charge in [-0.25, -0.2) is 0 Å². The van der Waals surface area contributed by atoms with E-state index in [4.69, 9.17) is 4.74 Å². The number of hydrogen-bond acceptors (Lipinski definition) is 4. The number of rotatable bonds is 6. The molecule has 0 bridgehead atoms. The zero-order valence-electron chi connectivity index (χ0n) is 13.2. The van der Waals surface area contributed by atoms with Crippen LogP contribution in [0, 0.1) is 0 Å². The minimum Gasteiger partial charge on any atom is -0.497 e. The van der Waals surface area contributed by atoms with E-state index in [1.54, 1.807) is 7.11 Å². The van der Waals surface area contributed by atoms with Crippen molar-refractivity contribution < 1.29 is 4.74 Å². The summed E-state index contributed by atoms with van der Waals surface area (Å²) in [5.41, 5.74) is 1.39. The van der Waals surface area contributed by atoms with E-state index in [0.717, 1.165) is 25.3 Å². The third kappa shape index (κ3) is 4.32. The second-order valence-corrected chi connectivity index (χ2v) is 6.83. The maximum absolute atomic E-state index is 5.20. The minimum atomic E-state index is 0.936. The van der Waals surface area contributed by atoms with Crippen LogP contribution in [0.3, 0.4) is 0 Å². The SMILES string of the molecule is COc1ccc(CCN2CCN(Cc3cccs3)CC2)cc1. The first-order valence-corrected chi connectivity index (χ1v) is 8.81. The average molecular weight is 316 g/mol. The van der Waals surface area contributed by atoms with Gasteiger partial charge < -0.3 is 9.64 Å². The van der Waals surface area contributed by atoms with Crippen molar-refractivity contribution in [1.82, 2.24) is 9.80 Å². The van der Waals surface area contributed by atoms with Gasteiger partial charge in [-0.1, -0.05) is 18.2 Å².